The molecule has 7 heteroatoms. The van der Waals surface area contributed by atoms with Gasteiger partial charge in [0.15, 0.2) is 0 Å². The van der Waals surface area contributed by atoms with Crippen LogP contribution in [0.3, 0.4) is 0 Å². The van der Waals surface area contributed by atoms with Gasteiger partial charge >= 0.3 is 6.18 Å². The lowest BCUT2D eigenvalue weighted by Crippen LogP contribution is -2.19. The summed E-state index contributed by atoms with van der Waals surface area (Å²) in [4.78, 5) is 13.9. The predicted molar refractivity (Wildman–Crippen MR) is 42.8 cm³/mol. The van der Waals surface area contributed by atoms with Crippen LogP contribution < -0.4 is 5.73 Å². The van der Waals surface area contributed by atoms with E-state index < -0.39 is 23.2 Å². The van der Waals surface area contributed by atoms with Crippen LogP contribution >= 0.6 is 11.6 Å². The van der Waals surface area contributed by atoms with E-state index in [-0.39, 0.29) is 5.15 Å². The third-order valence-corrected chi connectivity index (χ3v) is 1.65. The normalized spacial score (nSPS) is 11.4. The molecular formula is C7H4ClF3N2O. The van der Waals surface area contributed by atoms with Gasteiger partial charge in [-0.2, -0.15) is 13.2 Å². The molecule has 0 spiro atoms. The molecule has 0 fully saturated rings. The Morgan fingerprint density at radius 3 is 2.50 bits per heavy atom. The molecule has 0 saturated heterocycles. The molecule has 0 atom stereocenters. The fourth-order valence-electron chi connectivity index (χ4n) is 0.860. The van der Waals surface area contributed by atoms with Crippen molar-refractivity contribution in [2.24, 2.45) is 5.73 Å². The highest BCUT2D eigenvalue weighted by atomic mass is 35.5. The van der Waals surface area contributed by atoms with Gasteiger partial charge in [-0.05, 0) is 6.07 Å². The number of alkyl halides is 3. The van der Waals surface area contributed by atoms with Crippen molar-refractivity contribution in [2.75, 3.05) is 0 Å². The van der Waals surface area contributed by atoms with E-state index in [0.29, 0.717) is 6.20 Å². The van der Waals surface area contributed by atoms with E-state index in [1.807, 2.05) is 0 Å². The maximum atomic E-state index is 12.2. The minimum Gasteiger partial charge on any atom is -0.366 e. The maximum Gasteiger partial charge on any atom is 0.418 e. The van der Waals surface area contributed by atoms with E-state index in [4.69, 9.17) is 17.3 Å². The number of rotatable bonds is 1. The molecule has 3 nitrogen and oxygen atoms in total. The second-order valence-electron chi connectivity index (χ2n) is 2.41. The van der Waals surface area contributed by atoms with E-state index in [2.05, 4.69) is 4.98 Å². The Morgan fingerprint density at radius 1 is 1.50 bits per heavy atom. The highest BCUT2D eigenvalue weighted by Gasteiger charge is 2.35. The fraction of sp³-hybridized carbons (Fsp3) is 0.143. The number of primary amides is 1. The van der Waals surface area contributed by atoms with Crippen LogP contribution in [0.25, 0.3) is 0 Å². The van der Waals surface area contributed by atoms with Crippen molar-refractivity contribution in [3.05, 3.63) is 28.5 Å². The Hall–Kier alpha value is -1.30. The SMILES string of the molecule is NC(=O)c1cc(Cl)ncc1C(F)(F)F. The fourth-order valence-corrected chi connectivity index (χ4v) is 1.02. The van der Waals surface area contributed by atoms with E-state index in [1.165, 1.54) is 0 Å². The van der Waals surface area contributed by atoms with Crippen LogP contribution in [0.2, 0.25) is 5.15 Å². The first-order valence-corrected chi connectivity index (χ1v) is 3.72. The molecule has 0 bridgehead atoms. The molecule has 0 unspecified atom stereocenters. The first kappa shape index (κ1) is 10.8. The number of hydrogen-bond donors (Lipinski definition) is 1. The molecule has 1 heterocycles. The smallest absolute Gasteiger partial charge is 0.366 e. The van der Waals surface area contributed by atoms with E-state index in [9.17, 15) is 18.0 Å². The van der Waals surface area contributed by atoms with Gasteiger partial charge < -0.3 is 5.73 Å². The summed E-state index contributed by atoms with van der Waals surface area (Å²) in [6.07, 6.45) is -4.19. The molecule has 0 radical (unpaired) electrons. The van der Waals surface area contributed by atoms with Crippen molar-refractivity contribution in [3.63, 3.8) is 0 Å². The second-order valence-corrected chi connectivity index (χ2v) is 2.80. The van der Waals surface area contributed by atoms with Crippen molar-refractivity contribution in [2.45, 2.75) is 6.18 Å². The van der Waals surface area contributed by atoms with E-state index in [0.717, 1.165) is 6.07 Å². The number of pyridine rings is 1. The van der Waals surface area contributed by atoms with E-state index >= 15 is 0 Å². The topological polar surface area (TPSA) is 56.0 Å². The van der Waals surface area contributed by atoms with Gasteiger partial charge in [0.05, 0.1) is 11.1 Å². The summed E-state index contributed by atoms with van der Waals surface area (Å²) < 4.78 is 36.7. The zero-order chi connectivity index (χ0) is 10.9. The minimum atomic E-state index is -4.66. The molecule has 2 N–H and O–H groups in total. The van der Waals surface area contributed by atoms with Gasteiger partial charge in [-0.1, -0.05) is 11.6 Å². The van der Waals surface area contributed by atoms with Crippen molar-refractivity contribution >= 4 is 17.5 Å². The van der Waals surface area contributed by atoms with Crippen LogP contribution in [0, 0.1) is 0 Å². The van der Waals surface area contributed by atoms with Crippen LogP contribution in [-0.2, 0) is 6.18 Å². The van der Waals surface area contributed by atoms with Gasteiger partial charge in [0.1, 0.15) is 5.15 Å². The van der Waals surface area contributed by atoms with Gasteiger partial charge in [-0.3, -0.25) is 4.79 Å². The molecule has 1 aromatic heterocycles. The summed E-state index contributed by atoms with van der Waals surface area (Å²) in [5, 5.41) is -0.216. The Kier molecular flexibility index (Phi) is 2.66. The third kappa shape index (κ3) is 2.14. The lowest BCUT2D eigenvalue weighted by atomic mass is 10.1. The third-order valence-electron chi connectivity index (χ3n) is 1.44. The number of nitrogens with two attached hydrogens (primary N) is 1. The summed E-state index contributed by atoms with van der Waals surface area (Å²) in [5.74, 6) is -1.19. The lowest BCUT2D eigenvalue weighted by molar-refractivity contribution is -0.138. The van der Waals surface area contributed by atoms with Crippen molar-refractivity contribution in [3.8, 4) is 0 Å². The monoisotopic (exact) mass is 224 g/mol. The van der Waals surface area contributed by atoms with Crippen molar-refractivity contribution in [1.82, 2.24) is 4.98 Å². The second kappa shape index (κ2) is 3.45. The first-order chi connectivity index (χ1) is 6.32. The zero-order valence-electron chi connectivity index (χ0n) is 6.60. The Labute approximate surface area is 81.7 Å². The molecule has 0 aliphatic rings. The number of aromatic nitrogens is 1. The quantitative estimate of drug-likeness (QED) is 0.740. The lowest BCUT2D eigenvalue weighted by Gasteiger charge is -2.09. The number of amides is 1. The Bertz CT molecular complexity index is 378. The largest absolute Gasteiger partial charge is 0.418 e. The van der Waals surface area contributed by atoms with Gasteiger partial charge in [0, 0.05) is 6.20 Å². The average molecular weight is 225 g/mol. The summed E-state index contributed by atoms with van der Waals surface area (Å²) in [5.41, 5.74) is 2.89. The standard InChI is InChI=1S/C7H4ClF3N2O/c8-5-1-3(6(12)14)4(2-13-5)7(9,10)11/h1-2H,(H2,12,14). The molecule has 14 heavy (non-hydrogen) atoms. The molecule has 0 aliphatic carbocycles. The number of halogens is 4. The summed E-state index contributed by atoms with van der Waals surface area (Å²) >= 11 is 5.32. The summed E-state index contributed by atoms with van der Waals surface area (Å²) in [6, 6.07) is 0.784. The van der Waals surface area contributed by atoms with E-state index in [1.54, 1.807) is 0 Å². The number of nitrogens with zero attached hydrogens (tertiary/aromatic N) is 1. The number of hydrogen-bond acceptors (Lipinski definition) is 2. The van der Waals surface area contributed by atoms with Crippen LogP contribution in [0.5, 0.6) is 0 Å². The van der Waals surface area contributed by atoms with Crippen LogP contribution in [0.4, 0.5) is 13.2 Å². The minimum absolute atomic E-state index is 0.216. The summed E-state index contributed by atoms with van der Waals surface area (Å²) in [7, 11) is 0. The predicted octanol–water partition coefficient (Wildman–Crippen LogP) is 1.85. The molecule has 76 valence electrons. The molecule has 0 aromatic carbocycles. The van der Waals surface area contributed by atoms with Gasteiger partial charge in [0.2, 0.25) is 5.91 Å². The Morgan fingerprint density at radius 2 is 2.07 bits per heavy atom. The number of carbonyl (C=O) groups excluding carboxylic acids is 1. The van der Waals surface area contributed by atoms with Crippen LogP contribution in [0.15, 0.2) is 12.3 Å². The zero-order valence-corrected chi connectivity index (χ0v) is 7.36. The highest BCUT2D eigenvalue weighted by molar-refractivity contribution is 6.29. The van der Waals surface area contributed by atoms with Crippen molar-refractivity contribution < 1.29 is 18.0 Å². The summed E-state index contributed by atoms with van der Waals surface area (Å²) in [6.45, 7) is 0. The molecule has 0 aliphatic heterocycles. The van der Waals surface area contributed by atoms with Gasteiger partial charge in [-0.25, -0.2) is 4.98 Å². The number of carbonyl (C=O) groups is 1. The molecule has 1 rings (SSSR count). The molecule has 1 aromatic rings. The average Bonchev–Trinajstić information content (AvgIpc) is 2.01. The first-order valence-electron chi connectivity index (χ1n) is 3.35. The van der Waals surface area contributed by atoms with Crippen LogP contribution in [-0.4, -0.2) is 10.9 Å². The van der Waals surface area contributed by atoms with Gasteiger partial charge in [0.25, 0.3) is 0 Å². The Balaban J connectivity index is 3.37. The van der Waals surface area contributed by atoms with Gasteiger partial charge in [-0.15, -0.1) is 0 Å². The van der Waals surface area contributed by atoms with Crippen molar-refractivity contribution in [1.29, 1.82) is 0 Å². The molecule has 0 saturated carbocycles. The highest BCUT2D eigenvalue weighted by Crippen LogP contribution is 2.32. The van der Waals surface area contributed by atoms with Crippen LogP contribution in [0.1, 0.15) is 15.9 Å². The molecular weight excluding hydrogens is 221 g/mol. The maximum absolute atomic E-state index is 12.2. The molecule has 1 amide bonds.